The van der Waals surface area contributed by atoms with Crippen molar-refractivity contribution < 1.29 is 9.84 Å². The Morgan fingerprint density at radius 2 is 2.42 bits per heavy atom. The highest BCUT2D eigenvalue weighted by Gasteiger charge is 2.06. The molecule has 1 unspecified atom stereocenters. The number of ether oxygens (including phenoxy) is 1. The molecule has 12 heavy (non-hydrogen) atoms. The van der Waals surface area contributed by atoms with Gasteiger partial charge in [-0.2, -0.15) is 0 Å². The first-order chi connectivity index (χ1) is 5.93. The lowest BCUT2D eigenvalue weighted by atomic mass is 10.1. The quantitative estimate of drug-likeness (QED) is 0.647. The van der Waals surface area contributed by atoms with Crippen LogP contribution in [0.2, 0.25) is 0 Å². The molecule has 1 aliphatic carbocycles. The average Bonchev–Trinajstić information content (AvgIpc) is 2.14. The van der Waals surface area contributed by atoms with E-state index in [-0.39, 0.29) is 6.61 Å². The topological polar surface area (TPSA) is 29.5 Å². The number of allylic oxidation sites excluding steroid dienone is 1. The summed E-state index contributed by atoms with van der Waals surface area (Å²) >= 11 is 0. The molecule has 0 aromatic rings. The molecule has 68 valence electrons. The zero-order valence-electron chi connectivity index (χ0n) is 7.28. The minimum Gasteiger partial charge on any atom is -0.392 e. The molecule has 0 fully saturated rings. The van der Waals surface area contributed by atoms with E-state index in [1.807, 2.05) is 6.08 Å². The molecule has 0 amide bonds. The van der Waals surface area contributed by atoms with Crippen molar-refractivity contribution in [2.75, 3.05) is 13.2 Å². The van der Waals surface area contributed by atoms with E-state index < -0.39 is 0 Å². The maximum Gasteiger partial charge on any atom is 0.0760 e. The molecule has 0 saturated carbocycles. The largest absolute Gasteiger partial charge is 0.392 e. The summed E-state index contributed by atoms with van der Waals surface area (Å²) in [5, 5.41) is 8.45. The number of aliphatic hydroxyl groups excluding tert-OH is 1. The van der Waals surface area contributed by atoms with Crippen molar-refractivity contribution in [1.82, 2.24) is 0 Å². The minimum absolute atomic E-state index is 0.101. The van der Waals surface area contributed by atoms with E-state index >= 15 is 0 Å². The first-order valence-corrected chi connectivity index (χ1v) is 4.47. The monoisotopic (exact) mass is 168 g/mol. The normalized spacial score (nSPS) is 23.6. The Morgan fingerprint density at radius 1 is 1.50 bits per heavy atom. The second-order valence-corrected chi connectivity index (χ2v) is 2.88. The fourth-order valence-electron chi connectivity index (χ4n) is 1.24. The van der Waals surface area contributed by atoms with Crippen LogP contribution in [0.3, 0.4) is 0 Å². The maximum absolute atomic E-state index is 8.45. The van der Waals surface area contributed by atoms with E-state index in [0.717, 1.165) is 6.42 Å². The highest BCUT2D eigenvalue weighted by molar-refractivity contribution is 4.94. The second-order valence-electron chi connectivity index (χ2n) is 2.88. The number of hydrogen-bond acceptors (Lipinski definition) is 2. The van der Waals surface area contributed by atoms with Gasteiger partial charge in [-0.15, -0.1) is 0 Å². The van der Waals surface area contributed by atoms with Crippen molar-refractivity contribution in [3.8, 4) is 0 Å². The van der Waals surface area contributed by atoms with Crippen LogP contribution < -0.4 is 0 Å². The molecule has 0 spiro atoms. The summed E-state index contributed by atoms with van der Waals surface area (Å²) < 4.78 is 5.50. The van der Waals surface area contributed by atoms with E-state index in [2.05, 4.69) is 12.2 Å². The van der Waals surface area contributed by atoms with Gasteiger partial charge in [-0.25, -0.2) is 0 Å². The van der Waals surface area contributed by atoms with Gasteiger partial charge in [0.15, 0.2) is 0 Å². The average molecular weight is 168 g/mol. The fraction of sp³-hybridized carbons (Fsp3) is 0.600. The highest BCUT2D eigenvalue weighted by atomic mass is 16.5. The lowest BCUT2D eigenvalue weighted by Crippen LogP contribution is -2.12. The van der Waals surface area contributed by atoms with Crippen LogP contribution in [0.1, 0.15) is 19.3 Å². The van der Waals surface area contributed by atoms with Crippen molar-refractivity contribution >= 4 is 0 Å². The molecule has 1 aliphatic rings. The summed E-state index contributed by atoms with van der Waals surface area (Å²) in [6.07, 6.45) is 11.7. The van der Waals surface area contributed by atoms with Crippen LogP contribution in [0.15, 0.2) is 24.3 Å². The molecule has 0 radical (unpaired) electrons. The van der Waals surface area contributed by atoms with Crippen LogP contribution in [0, 0.1) is 0 Å². The smallest absolute Gasteiger partial charge is 0.0760 e. The summed E-state index contributed by atoms with van der Waals surface area (Å²) in [5.74, 6) is 0. The first-order valence-electron chi connectivity index (χ1n) is 4.47. The SMILES string of the molecule is OC/C=C\COC1C=CCCC1. The van der Waals surface area contributed by atoms with E-state index in [0.29, 0.717) is 12.7 Å². The molecule has 1 rings (SSSR count). The van der Waals surface area contributed by atoms with Gasteiger partial charge in [0.05, 0.1) is 19.3 Å². The summed E-state index contributed by atoms with van der Waals surface area (Å²) in [6.45, 7) is 0.708. The summed E-state index contributed by atoms with van der Waals surface area (Å²) in [4.78, 5) is 0. The third kappa shape index (κ3) is 3.69. The van der Waals surface area contributed by atoms with E-state index in [1.54, 1.807) is 6.08 Å². The second kappa shape index (κ2) is 5.98. The van der Waals surface area contributed by atoms with Gasteiger partial charge in [-0.05, 0) is 19.3 Å². The summed E-state index contributed by atoms with van der Waals surface area (Å²) in [5.41, 5.74) is 0. The Kier molecular flexibility index (Phi) is 4.73. The maximum atomic E-state index is 8.45. The molecule has 0 bridgehead atoms. The van der Waals surface area contributed by atoms with E-state index in [9.17, 15) is 0 Å². The molecule has 0 aliphatic heterocycles. The number of rotatable bonds is 4. The number of aliphatic hydroxyl groups is 1. The molecule has 0 aromatic heterocycles. The molecule has 0 aromatic carbocycles. The fourth-order valence-corrected chi connectivity index (χ4v) is 1.24. The Bertz CT molecular complexity index is 161. The van der Waals surface area contributed by atoms with Crippen LogP contribution in [-0.4, -0.2) is 24.4 Å². The molecule has 2 heteroatoms. The van der Waals surface area contributed by atoms with Gasteiger partial charge in [0, 0.05) is 0 Å². The molecule has 1 N–H and O–H groups in total. The van der Waals surface area contributed by atoms with Gasteiger partial charge in [-0.1, -0.05) is 24.3 Å². The Labute approximate surface area is 73.5 Å². The predicted octanol–water partition coefficient (Wildman–Crippen LogP) is 1.66. The van der Waals surface area contributed by atoms with Crippen molar-refractivity contribution in [2.45, 2.75) is 25.4 Å². The standard InChI is InChI=1S/C10H16O2/c11-8-4-5-9-12-10-6-2-1-3-7-10/h2,4-6,10-11H,1,3,7-9H2/b5-4-. The van der Waals surface area contributed by atoms with Gasteiger partial charge in [0.1, 0.15) is 0 Å². The third-order valence-electron chi connectivity index (χ3n) is 1.89. The van der Waals surface area contributed by atoms with E-state index in [4.69, 9.17) is 9.84 Å². The first kappa shape index (κ1) is 9.49. The molecular weight excluding hydrogens is 152 g/mol. The van der Waals surface area contributed by atoms with Gasteiger partial charge < -0.3 is 9.84 Å². The van der Waals surface area contributed by atoms with Crippen LogP contribution >= 0.6 is 0 Å². The van der Waals surface area contributed by atoms with Gasteiger partial charge in [0.2, 0.25) is 0 Å². The van der Waals surface area contributed by atoms with Crippen LogP contribution in [0.4, 0.5) is 0 Å². The molecular formula is C10H16O2. The van der Waals surface area contributed by atoms with Crippen LogP contribution in [-0.2, 0) is 4.74 Å². The Morgan fingerprint density at radius 3 is 3.08 bits per heavy atom. The lowest BCUT2D eigenvalue weighted by Gasteiger charge is -2.15. The highest BCUT2D eigenvalue weighted by Crippen LogP contribution is 2.12. The summed E-state index contributed by atoms with van der Waals surface area (Å²) in [6, 6.07) is 0. The van der Waals surface area contributed by atoms with Crippen LogP contribution in [0.5, 0.6) is 0 Å². The molecule has 1 atom stereocenters. The number of hydrogen-bond donors (Lipinski definition) is 1. The van der Waals surface area contributed by atoms with Crippen molar-refractivity contribution in [1.29, 1.82) is 0 Å². The van der Waals surface area contributed by atoms with E-state index in [1.165, 1.54) is 12.8 Å². The van der Waals surface area contributed by atoms with Gasteiger partial charge in [0.25, 0.3) is 0 Å². The third-order valence-corrected chi connectivity index (χ3v) is 1.89. The molecule has 2 nitrogen and oxygen atoms in total. The van der Waals surface area contributed by atoms with Gasteiger partial charge in [-0.3, -0.25) is 0 Å². The zero-order chi connectivity index (χ0) is 8.65. The van der Waals surface area contributed by atoms with Crippen LogP contribution in [0.25, 0.3) is 0 Å². The predicted molar refractivity (Wildman–Crippen MR) is 49.0 cm³/mol. The Balaban J connectivity index is 2.09. The molecule has 0 saturated heterocycles. The minimum atomic E-state index is 0.101. The Hall–Kier alpha value is -0.600. The van der Waals surface area contributed by atoms with Crippen molar-refractivity contribution in [3.63, 3.8) is 0 Å². The zero-order valence-corrected chi connectivity index (χ0v) is 7.28. The lowest BCUT2D eigenvalue weighted by molar-refractivity contribution is 0.0976. The summed E-state index contributed by atoms with van der Waals surface area (Å²) in [7, 11) is 0. The van der Waals surface area contributed by atoms with Crippen molar-refractivity contribution in [3.05, 3.63) is 24.3 Å². The van der Waals surface area contributed by atoms with Crippen molar-refractivity contribution in [2.24, 2.45) is 0 Å². The van der Waals surface area contributed by atoms with Gasteiger partial charge >= 0.3 is 0 Å². The molecule has 0 heterocycles.